The molecular weight excluding hydrogens is 240 g/mol. The van der Waals surface area contributed by atoms with E-state index in [0.29, 0.717) is 19.6 Å². The van der Waals surface area contributed by atoms with Crippen molar-refractivity contribution in [2.75, 3.05) is 13.2 Å². The second kappa shape index (κ2) is 7.01. The van der Waals surface area contributed by atoms with Gasteiger partial charge in [-0.05, 0) is 13.8 Å². The largest absolute Gasteiger partial charge is 0.466 e. The molecule has 1 heterocycles. The lowest BCUT2D eigenvalue weighted by Crippen LogP contribution is -2.28. The average molecular weight is 256 g/mol. The third kappa shape index (κ3) is 5.44. The summed E-state index contributed by atoms with van der Waals surface area (Å²) in [6.07, 6.45) is 0.461. The fourth-order valence-corrected chi connectivity index (χ4v) is 1.91. The maximum atomic E-state index is 11.3. The minimum Gasteiger partial charge on any atom is -0.466 e. The zero-order chi connectivity index (χ0) is 12.7. The zero-order valence-corrected chi connectivity index (χ0v) is 10.8. The van der Waals surface area contributed by atoms with Gasteiger partial charge in [0.1, 0.15) is 6.42 Å². The maximum absolute atomic E-state index is 11.3. The van der Waals surface area contributed by atoms with E-state index < -0.39 is 5.97 Å². The van der Waals surface area contributed by atoms with Crippen LogP contribution in [0.5, 0.6) is 0 Å². The number of aromatic nitrogens is 1. The first-order valence-corrected chi connectivity index (χ1v) is 6.33. The Hall–Kier alpha value is -1.43. The molecule has 5 nitrogen and oxygen atoms in total. The first-order valence-electron chi connectivity index (χ1n) is 5.45. The minimum atomic E-state index is -0.491. The van der Waals surface area contributed by atoms with Crippen molar-refractivity contribution in [3.8, 4) is 0 Å². The average Bonchev–Trinajstić information content (AvgIpc) is 2.64. The molecule has 0 aromatic carbocycles. The summed E-state index contributed by atoms with van der Waals surface area (Å²) in [5.74, 6) is -0.801. The molecule has 1 amide bonds. The Labute approximate surface area is 104 Å². The number of nitrogens with zero attached hydrogens (tertiary/aromatic N) is 1. The van der Waals surface area contributed by atoms with E-state index in [2.05, 4.69) is 15.0 Å². The van der Waals surface area contributed by atoms with Crippen molar-refractivity contribution in [1.82, 2.24) is 10.3 Å². The number of ether oxygens (including phenoxy) is 1. The molecular formula is C11H16N2O3S. The van der Waals surface area contributed by atoms with E-state index in [4.69, 9.17) is 0 Å². The van der Waals surface area contributed by atoms with Crippen LogP contribution in [0.25, 0.3) is 0 Å². The Kier molecular flexibility index (Phi) is 5.62. The molecule has 0 atom stereocenters. The fourth-order valence-electron chi connectivity index (χ4n) is 1.26. The molecule has 0 unspecified atom stereocenters. The van der Waals surface area contributed by atoms with E-state index in [1.165, 1.54) is 0 Å². The Bertz CT molecular complexity index is 390. The summed E-state index contributed by atoms with van der Waals surface area (Å²) in [7, 11) is 0. The Balaban J connectivity index is 2.18. The van der Waals surface area contributed by atoms with Gasteiger partial charge in [0.05, 0.1) is 17.3 Å². The van der Waals surface area contributed by atoms with Crippen molar-refractivity contribution in [2.45, 2.75) is 26.7 Å². The summed E-state index contributed by atoms with van der Waals surface area (Å²) in [5, 5.41) is 5.63. The quantitative estimate of drug-likeness (QED) is 0.610. The van der Waals surface area contributed by atoms with Gasteiger partial charge >= 0.3 is 5.97 Å². The molecule has 0 aliphatic heterocycles. The van der Waals surface area contributed by atoms with Crippen molar-refractivity contribution in [3.63, 3.8) is 0 Å². The predicted molar refractivity (Wildman–Crippen MR) is 64.8 cm³/mol. The van der Waals surface area contributed by atoms with Crippen LogP contribution < -0.4 is 5.32 Å². The highest BCUT2D eigenvalue weighted by Crippen LogP contribution is 2.07. The van der Waals surface area contributed by atoms with E-state index in [9.17, 15) is 9.59 Å². The second-order valence-electron chi connectivity index (χ2n) is 3.44. The van der Waals surface area contributed by atoms with Gasteiger partial charge in [-0.2, -0.15) is 0 Å². The van der Waals surface area contributed by atoms with Gasteiger partial charge in [0, 0.05) is 18.3 Å². The SMILES string of the molecule is CCOC(=O)CC(=O)NCCc1csc(C)n1. The molecule has 0 saturated carbocycles. The smallest absolute Gasteiger partial charge is 0.315 e. The molecule has 0 bridgehead atoms. The predicted octanol–water partition coefficient (Wildman–Crippen LogP) is 1.06. The van der Waals surface area contributed by atoms with E-state index in [-0.39, 0.29) is 12.3 Å². The first kappa shape index (κ1) is 13.6. The van der Waals surface area contributed by atoms with Crippen LogP contribution in [0.2, 0.25) is 0 Å². The Morgan fingerprint density at radius 2 is 2.29 bits per heavy atom. The summed E-state index contributed by atoms with van der Waals surface area (Å²) >= 11 is 1.58. The molecule has 0 radical (unpaired) electrons. The number of esters is 1. The molecule has 0 aliphatic carbocycles. The monoisotopic (exact) mass is 256 g/mol. The van der Waals surface area contributed by atoms with Gasteiger partial charge in [-0.3, -0.25) is 9.59 Å². The fraction of sp³-hybridized carbons (Fsp3) is 0.545. The molecule has 1 aromatic heterocycles. The lowest BCUT2D eigenvalue weighted by Gasteiger charge is -2.03. The third-order valence-corrected chi connectivity index (χ3v) is 2.80. The van der Waals surface area contributed by atoms with Crippen molar-refractivity contribution in [3.05, 3.63) is 16.1 Å². The van der Waals surface area contributed by atoms with Crippen LogP contribution in [0.15, 0.2) is 5.38 Å². The first-order chi connectivity index (χ1) is 8.11. The topological polar surface area (TPSA) is 68.3 Å². The van der Waals surface area contributed by atoms with E-state index in [0.717, 1.165) is 10.7 Å². The van der Waals surface area contributed by atoms with Crippen molar-refractivity contribution >= 4 is 23.2 Å². The lowest BCUT2D eigenvalue weighted by atomic mass is 10.3. The number of carbonyl (C=O) groups excluding carboxylic acids is 2. The van der Waals surface area contributed by atoms with E-state index >= 15 is 0 Å². The highest BCUT2D eigenvalue weighted by molar-refractivity contribution is 7.09. The van der Waals surface area contributed by atoms with Gasteiger partial charge in [-0.1, -0.05) is 0 Å². The van der Waals surface area contributed by atoms with Gasteiger partial charge < -0.3 is 10.1 Å². The van der Waals surface area contributed by atoms with Crippen LogP contribution in [0, 0.1) is 6.92 Å². The number of nitrogens with one attached hydrogen (secondary N) is 1. The van der Waals surface area contributed by atoms with Crippen LogP contribution in [-0.2, 0) is 20.7 Å². The zero-order valence-electron chi connectivity index (χ0n) is 9.99. The van der Waals surface area contributed by atoms with Crippen LogP contribution in [0.3, 0.4) is 0 Å². The summed E-state index contributed by atoms with van der Waals surface area (Å²) in [4.78, 5) is 26.6. The normalized spacial score (nSPS) is 10.0. The highest BCUT2D eigenvalue weighted by Gasteiger charge is 2.09. The molecule has 1 aromatic rings. The standard InChI is InChI=1S/C11H16N2O3S/c1-3-16-11(15)6-10(14)12-5-4-9-7-17-8(2)13-9/h7H,3-6H2,1-2H3,(H,12,14). The third-order valence-electron chi connectivity index (χ3n) is 1.98. The summed E-state index contributed by atoms with van der Waals surface area (Å²) in [6.45, 7) is 4.43. The minimum absolute atomic E-state index is 0.218. The van der Waals surface area contributed by atoms with Gasteiger partial charge in [-0.15, -0.1) is 11.3 Å². The van der Waals surface area contributed by atoms with Gasteiger partial charge in [0.15, 0.2) is 0 Å². The molecule has 6 heteroatoms. The van der Waals surface area contributed by atoms with Crippen molar-refractivity contribution < 1.29 is 14.3 Å². The number of carbonyl (C=O) groups is 2. The maximum Gasteiger partial charge on any atom is 0.315 e. The Morgan fingerprint density at radius 1 is 1.53 bits per heavy atom. The molecule has 94 valence electrons. The van der Waals surface area contributed by atoms with Gasteiger partial charge in [0.25, 0.3) is 0 Å². The van der Waals surface area contributed by atoms with Gasteiger partial charge in [0.2, 0.25) is 5.91 Å². The summed E-state index contributed by atoms with van der Waals surface area (Å²) in [5.41, 5.74) is 0.962. The summed E-state index contributed by atoms with van der Waals surface area (Å²) < 4.78 is 4.67. The molecule has 0 aliphatic rings. The molecule has 1 N–H and O–H groups in total. The molecule has 0 spiro atoms. The Morgan fingerprint density at radius 3 is 2.88 bits per heavy atom. The lowest BCUT2D eigenvalue weighted by molar-refractivity contribution is -0.145. The van der Waals surface area contributed by atoms with Crippen LogP contribution in [0.4, 0.5) is 0 Å². The number of rotatable bonds is 6. The van der Waals surface area contributed by atoms with E-state index in [1.54, 1.807) is 18.3 Å². The second-order valence-corrected chi connectivity index (χ2v) is 4.50. The number of aryl methyl sites for hydroxylation is 1. The highest BCUT2D eigenvalue weighted by atomic mass is 32.1. The molecule has 0 saturated heterocycles. The van der Waals surface area contributed by atoms with Crippen molar-refractivity contribution in [1.29, 1.82) is 0 Å². The number of thiazole rings is 1. The van der Waals surface area contributed by atoms with Crippen molar-refractivity contribution in [2.24, 2.45) is 0 Å². The molecule has 1 rings (SSSR count). The molecule has 0 fully saturated rings. The molecule has 17 heavy (non-hydrogen) atoms. The van der Waals surface area contributed by atoms with Crippen LogP contribution >= 0.6 is 11.3 Å². The van der Waals surface area contributed by atoms with E-state index in [1.807, 2.05) is 12.3 Å². The van der Waals surface area contributed by atoms with Gasteiger partial charge in [-0.25, -0.2) is 4.98 Å². The number of amides is 1. The van der Waals surface area contributed by atoms with Crippen LogP contribution in [0.1, 0.15) is 24.0 Å². The number of hydrogen-bond donors (Lipinski definition) is 1. The summed E-state index contributed by atoms with van der Waals surface area (Å²) in [6, 6.07) is 0. The van der Waals surface area contributed by atoms with Crippen LogP contribution in [-0.4, -0.2) is 30.0 Å². The number of hydrogen-bond acceptors (Lipinski definition) is 5.